The molecule has 0 aliphatic carbocycles. The van der Waals surface area contributed by atoms with Crippen molar-refractivity contribution >= 4 is 33.4 Å². The molecule has 1 aliphatic rings. The summed E-state index contributed by atoms with van der Waals surface area (Å²) in [7, 11) is -3.70. The third-order valence-corrected chi connectivity index (χ3v) is 5.20. The van der Waals surface area contributed by atoms with Crippen molar-refractivity contribution in [3.05, 3.63) is 59.9 Å². The van der Waals surface area contributed by atoms with E-state index in [0.29, 0.717) is 5.56 Å². The first-order valence-corrected chi connectivity index (χ1v) is 9.67. The van der Waals surface area contributed by atoms with Crippen LogP contribution in [0.3, 0.4) is 0 Å². The number of rotatable bonds is 5. The topological polar surface area (TPSA) is 114 Å². The number of fused-ring (bicyclic) bond motifs is 1. The molecule has 146 valence electrons. The van der Waals surface area contributed by atoms with Crippen LogP contribution in [0, 0.1) is 5.82 Å². The highest BCUT2D eigenvalue weighted by Crippen LogP contribution is 2.22. The van der Waals surface area contributed by atoms with E-state index in [1.54, 1.807) is 18.2 Å². The number of halogens is 1. The molecule has 2 N–H and O–H groups in total. The number of nitrogens with zero attached hydrogens (tertiary/aromatic N) is 1. The first kappa shape index (κ1) is 19.5. The first-order chi connectivity index (χ1) is 13.3. The molecule has 1 amide bonds. The molecule has 0 saturated heterocycles. The smallest absolute Gasteiger partial charge is 0.328 e. The largest absolute Gasteiger partial charge is 0.451 e. The maximum absolute atomic E-state index is 13.1. The summed E-state index contributed by atoms with van der Waals surface area (Å²) in [4.78, 5) is 28.0. The molecular formula is C18H16FN3O5S. The molecule has 0 unspecified atom stereocenters. The highest BCUT2D eigenvalue weighted by atomic mass is 32.2. The SMILES string of the molecule is C[C@H](OC(=O)CN=C1NS(=O)(=O)c2ccccc21)C(=O)Nc1cccc(F)c1. The molecule has 0 saturated carbocycles. The standard InChI is InChI=1S/C18H16FN3O5S/c1-11(18(24)21-13-6-4-5-12(19)9-13)27-16(23)10-20-17-14-7-2-3-8-15(14)28(25,26)22-17/h2-9,11H,10H2,1H3,(H,20,22)(H,21,24)/t11-/m0/s1. The second-order valence-corrected chi connectivity index (χ2v) is 7.55. The van der Waals surface area contributed by atoms with Crippen LogP contribution in [0.15, 0.2) is 58.4 Å². The van der Waals surface area contributed by atoms with Crippen molar-refractivity contribution in [2.45, 2.75) is 17.9 Å². The van der Waals surface area contributed by atoms with E-state index >= 15 is 0 Å². The van der Waals surface area contributed by atoms with Gasteiger partial charge in [0.1, 0.15) is 18.2 Å². The summed E-state index contributed by atoms with van der Waals surface area (Å²) in [5.74, 6) is -1.95. The maximum Gasteiger partial charge on any atom is 0.328 e. The van der Waals surface area contributed by atoms with Crippen LogP contribution in [0.1, 0.15) is 12.5 Å². The third-order valence-electron chi connectivity index (χ3n) is 3.80. The molecule has 1 aliphatic heterocycles. The summed E-state index contributed by atoms with van der Waals surface area (Å²) in [6, 6.07) is 11.5. The van der Waals surface area contributed by atoms with Gasteiger partial charge in [0.05, 0.1) is 4.90 Å². The summed E-state index contributed by atoms with van der Waals surface area (Å²) in [5, 5.41) is 2.43. The molecule has 28 heavy (non-hydrogen) atoms. The average Bonchev–Trinajstić information content (AvgIpc) is 2.91. The Labute approximate surface area is 160 Å². The number of benzene rings is 2. The lowest BCUT2D eigenvalue weighted by Gasteiger charge is -2.13. The van der Waals surface area contributed by atoms with Crippen LogP contribution < -0.4 is 10.0 Å². The Hall–Kier alpha value is -3.27. The molecule has 2 aromatic rings. The predicted molar refractivity (Wildman–Crippen MR) is 98.8 cm³/mol. The van der Waals surface area contributed by atoms with Gasteiger partial charge in [-0.15, -0.1) is 0 Å². The van der Waals surface area contributed by atoms with Gasteiger partial charge in [-0.05, 0) is 37.3 Å². The molecule has 0 aromatic heterocycles. The Bertz CT molecular complexity index is 1070. The van der Waals surface area contributed by atoms with Gasteiger partial charge in [-0.3, -0.25) is 19.3 Å². The number of nitrogens with one attached hydrogen (secondary N) is 2. The van der Waals surface area contributed by atoms with Gasteiger partial charge in [-0.2, -0.15) is 0 Å². The van der Waals surface area contributed by atoms with Gasteiger partial charge in [0.15, 0.2) is 6.10 Å². The minimum atomic E-state index is -3.70. The third kappa shape index (κ3) is 4.34. The van der Waals surface area contributed by atoms with Crippen LogP contribution in [0.4, 0.5) is 10.1 Å². The van der Waals surface area contributed by atoms with Crippen LogP contribution in [-0.4, -0.2) is 38.8 Å². The molecule has 0 radical (unpaired) electrons. The molecule has 1 heterocycles. The van der Waals surface area contributed by atoms with Crippen molar-refractivity contribution in [3.8, 4) is 0 Å². The minimum Gasteiger partial charge on any atom is -0.451 e. The number of carbonyl (C=O) groups excluding carboxylic acids is 2. The van der Waals surface area contributed by atoms with Gasteiger partial charge < -0.3 is 10.1 Å². The van der Waals surface area contributed by atoms with Crippen LogP contribution in [0.5, 0.6) is 0 Å². The maximum atomic E-state index is 13.1. The van der Waals surface area contributed by atoms with Crippen molar-refractivity contribution < 1.29 is 27.1 Å². The van der Waals surface area contributed by atoms with E-state index in [1.165, 1.54) is 31.2 Å². The van der Waals surface area contributed by atoms with Gasteiger partial charge in [0.2, 0.25) is 0 Å². The van der Waals surface area contributed by atoms with E-state index in [-0.39, 0.29) is 16.4 Å². The molecule has 2 aromatic carbocycles. The number of anilines is 1. The molecule has 10 heteroatoms. The minimum absolute atomic E-state index is 0.0319. The molecule has 0 fully saturated rings. The zero-order valence-corrected chi connectivity index (χ0v) is 15.5. The fourth-order valence-corrected chi connectivity index (χ4v) is 3.74. The van der Waals surface area contributed by atoms with E-state index < -0.39 is 40.4 Å². The lowest BCUT2D eigenvalue weighted by molar-refractivity contribution is -0.151. The fraction of sp³-hybridized carbons (Fsp3) is 0.167. The monoisotopic (exact) mass is 405 g/mol. The predicted octanol–water partition coefficient (Wildman–Crippen LogP) is 1.43. The quantitative estimate of drug-likeness (QED) is 0.731. The average molecular weight is 405 g/mol. The van der Waals surface area contributed by atoms with Crippen molar-refractivity contribution in [1.29, 1.82) is 0 Å². The molecule has 0 bridgehead atoms. The number of amides is 1. The van der Waals surface area contributed by atoms with Gasteiger partial charge in [0, 0.05) is 11.3 Å². The van der Waals surface area contributed by atoms with E-state index in [0.717, 1.165) is 6.07 Å². The molecule has 1 atom stereocenters. The summed E-state index contributed by atoms with van der Waals surface area (Å²) in [6.07, 6.45) is -1.15. The van der Waals surface area contributed by atoms with Crippen LogP contribution in [0.2, 0.25) is 0 Å². The van der Waals surface area contributed by atoms with Gasteiger partial charge in [-0.1, -0.05) is 18.2 Å². The Morgan fingerprint density at radius 2 is 1.96 bits per heavy atom. The fourth-order valence-electron chi connectivity index (χ4n) is 2.49. The first-order valence-electron chi connectivity index (χ1n) is 8.19. The van der Waals surface area contributed by atoms with Crippen molar-refractivity contribution in [1.82, 2.24) is 4.72 Å². The van der Waals surface area contributed by atoms with Crippen molar-refractivity contribution in [2.24, 2.45) is 4.99 Å². The number of esters is 1. The number of ether oxygens (including phenoxy) is 1. The lowest BCUT2D eigenvalue weighted by Crippen LogP contribution is -2.31. The number of hydrogen-bond acceptors (Lipinski definition) is 6. The van der Waals surface area contributed by atoms with Gasteiger partial charge in [-0.25, -0.2) is 12.8 Å². The van der Waals surface area contributed by atoms with Crippen LogP contribution in [0.25, 0.3) is 0 Å². The summed E-state index contributed by atoms with van der Waals surface area (Å²) < 4.78 is 44.4. The Morgan fingerprint density at radius 1 is 1.21 bits per heavy atom. The Morgan fingerprint density at radius 3 is 2.71 bits per heavy atom. The number of aliphatic imine (C=N–C) groups is 1. The zero-order chi connectivity index (χ0) is 20.3. The highest BCUT2D eigenvalue weighted by Gasteiger charge is 2.30. The van der Waals surface area contributed by atoms with E-state index in [2.05, 4.69) is 15.0 Å². The highest BCUT2D eigenvalue weighted by molar-refractivity contribution is 7.90. The number of amidine groups is 1. The molecular weight excluding hydrogens is 389 g/mol. The summed E-state index contributed by atoms with van der Waals surface area (Å²) in [6.45, 7) is 0.872. The van der Waals surface area contributed by atoms with Crippen LogP contribution in [-0.2, 0) is 24.3 Å². The molecule has 8 nitrogen and oxygen atoms in total. The number of hydrogen-bond donors (Lipinski definition) is 2. The zero-order valence-electron chi connectivity index (χ0n) is 14.7. The van der Waals surface area contributed by atoms with Gasteiger partial charge >= 0.3 is 5.97 Å². The number of sulfonamides is 1. The second kappa shape index (κ2) is 7.77. The Kier molecular flexibility index (Phi) is 5.41. The second-order valence-electron chi connectivity index (χ2n) is 5.90. The van der Waals surface area contributed by atoms with Crippen molar-refractivity contribution in [3.63, 3.8) is 0 Å². The lowest BCUT2D eigenvalue weighted by atomic mass is 10.2. The summed E-state index contributed by atoms with van der Waals surface area (Å²) in [5.41, 5.74) is 0.581. The molecule has 0 spiro atoms. The normalized spacial score (nSPS) is 16.7. The number of carbonyl (C=O) groups is 2. The molecule has 3 rings (SSSR count). The van der Waals surface area contributed by atoms with E-state index in [1.807, 2.05) is 0 Å². The Balaban J connectivity index is 1.60. The van der Waals surface area contributed by atoms with E-state index in [9.17, 15) is 22.4 Å². The summed E-state index contributed by atoms with van der Waals surface area (Å²) >= 11 is 0. The van der Waals surface area contributed by atoms with E-state index in [4.69, 9.17) is 4.74 Å². The van der Waals surface area contributed by atoms with Gasteiger partial charge in [0.25, 0.3) is 15.9 Å². The van der Waals surface area contributed by atoms with Crippen molar-refractivity contribution in [2.75, 3.05) is 11.9 Å². The van der Waals surface area contributed by atoms with Crippen LogP contribution >= 0.6 is 0 Å².